The number of nitrogens with zero attached hydrogens (tertiary/aromatic N) is 2. The van der Waals surface area contributed by atoms with E-state index < -0.39 is 0 Å². The molecule has 138 valence electrons. The molecule has 6 nitrogen and oxygen atoms in total. The Labute approximate surface area is 158 Å². The third kappa shape index (κ3) is 4.61. The number of methoxy groups -OCH3 is 1. The summed E-state index contributed by atoms with van der Waals surface area (Å²) in [6.07, 6.45) is 2.98. The van der Waals surface area contributed by atoms with Gasteiger partial charge in [0.2, 0.25) is 0 Å². The SMILES string of the molecule is COc1ccccc1NC(=O)c1cnc(Nc2ccc(C(C)C)cc2)cn1. The summed E-state index contributed by atoms with van der Waals surface area (Å²) in [5, 5.41) is 5.96. The molecule has 0 fully saturated rings. The zero-order valence-corrected chi connectivity index (χ0v) is 15.6. The Morgan fingerprint density at radius 3 is 2.37 bits per heavy atom. The summed E-state index contributed by atoms with van der Waals surface area (Å²) in [4.78, 5) is 20.8. The minimum Gasteiger partial charge on any atom is -0.495 e. The molecule has 0 spiro atoms. The van der Waals surface area contributed by atoms with E-state index in [4.69, 9.17) is 4.74 Å². The number of ether oxygens (including phenoxy) is 1. The summed E-state index contributed by atoms with van der Waals surface area (Å²) in [6, 6.07) is 15.4. The summed E-state index contributed by atoms with van der Waals surface area (Å²) in [5.41, 5.74) is 3.00. The summed E-state index contributed by atoms with van der Waals surface area (Å²) in [7, 11) is 1.55. The molecule has 27 heavy (non-hydrogen) atoms. The van der Waals surface area contributed by atoms with E-state index in [0.717, 1.165) is 5.69 Å². The summed E-state index contributed by atoms with van der Waals surface area (Å²) in [6.45, 7) is 4.31. The molecule has 0 saturated carbocycles. The molecular weight excluding hydrogens is 340 g/mol. The first-order valence-electron chi connectivity index (χ1n) is 8.70. The number of benzene rings is 2. The molecule has 0 bridgehead atoms. The normalized spacial score (nSPS) is 10.5. The first kappa shape index (κ1) is 18.4. The van der Waals surface area contributed by atoms with E-state index >= 15 is 0 Å². The second-order valence-electron chi connectivity index (χ2n) is 6.34. The molecule has 6 heteroatoms. The van der Waals surface area contributed by atoms with Crippen LogP contribution < -0.4 is 15.4 Å². The monoisotopic (exact) mass is 362 g/mol. The first-order chi connectivity index (χ1) is 13.1. The van der Waals surface area contributed by atoms with Crippen molar-refractivity contribution in [2.45, 2.75) is 19.8 Å². The number of aromatic nitrogens is 2. The van der Waals surface area contributed by atoms with Crippen LogP contribution in [0, 0.1) is 0 Å². The average Bonchev–Trinajstić information content (AvgIpc) is 2.69. The smallest absolute Gasteiger partial charge is 0.275 e. The number of anilines is 3. The molecule has 0 radical (unpaired) electrons. The number of amides is 1. The average molecular weight is 362 g/mol. The first-order valence-corrected chi connectivity index (χ1v) is 8.70. The summed E-state index contributed by atoms with van der Waals surface area (Å²) in [5.74, 6) is 1.29. The van der Waals surface area contributed by atoms with Gasteiger partial charge in [-0.3, -0.25) is 4.79 Å². The van der Waals surface area contributed by atoms with Gasteiger partial charge in [-0.1, -0.05) is 38.1 Å². The van der Waals surface area contributed by atoms with Crippen LogP contribution in [0.15, 0.2) is 60.9 Å². The zero-order chi connectivity index (χ0) is 19.2. The lowest BCUT2D eigenvalue weighted by Gasteiger charge is -2.10. The van der Waals surface area contributed by atoms with Crippen molar-refractivity contribution in [3.05, 3.63) is 72.2 Å². The van der Waals surface area contributed by atoms with Crippen LogP contribution in [-0.4, -0.2) is 23.0 Å². The maximum Gasteiger partial charge on any atom is 0.275 e. The second-order valence-corrected chi connectivity index (χ2v) is 6.34. The van der Waals surface area contributed by atoms with E-state index in [-0.39, 0.29) is 11.6 Å². The maximum atomic E-state index is 12.4. The van der Waals surface area contributed by atoms with Gasteiger partial charge in [0.1, 0.15) is 17.3 Å². The predicted octanol–water partition coefficient (Wildman–Crippen LogP) is 4.60. The molecule has 3 rings (SSSR count). The van der Waals surface area contributed by atoms with Gasteiger partial charge in [0, 0.05) is 5.69 Å². The lowest BCUT2D eigenvalue weighted by Crippen LogP contribution is -2.14. The topological polar surface area (TPSA) is 76.1 Å². The molecule has 0 saturated heterocycles. The summed E-state index contributed by atoms with van der Waals surface area (Å²) < 4.78 is 5.23. The molecular formula is C21H22N4O2. The molecule has 3 aromatic rings. The number of rotatable bonds is 6. The second kappa shape index (κ2) is 8.31. The van der Waals surface area contributed by atoms with E-state index in [1.54, 1.807) is 19.2 Å². The third-order valence-electron chi connectivity index (χ3n) is 4.09. The van der Waals surface area contributed by atoms with E-state index in [1.807, 2.05) is 24.3 Å². The van der Waals surface area contributed by atoms with Gasteiger partial charge in [0.15, 0.2) is 0 Å². The minimum atomic E-state index is -0.347. The lowest BCUT2D eigenvalue weighted by atomic mass is 10.0. The molecule has 0 aliphatic rings. The number of carbonyl (C=O) groups excluding carboxylic acids is 1. The molecule has 2 N–H and O–H groups in total. The Morgan fingerprint density at radius 2 is 1.74 bits per heavy atom. The number of para-hydroxylation sites is 2. The molecule has 1 heterocycles. The van der Waals surface area contributed by atoms with Gasteiger partial charge in [-0.2, -0.15) is 0 Å². The Bertz CT molecular complexity index is 906. The number of hydrogen-bond acceptors (Lipinski definition) is 5. The Kier molecular flexibility index (Phi) is 5.66. The molecule has 0 aliphatic carbocycles. The highest BCUT2D eigenvalue weighted by molar-refractivity contribution is 6.03. The van der Waals surface area contributed by atoms with Gasteiger partial charge >= 0.3 is 0 Å². The van der Waals surface area contributed by atoms with Crippen molar-refractivity contribution < 1.29 is 9.53 Å². The highest BCUT2D eigenvalue weighted by atomic mass is 16.5. The van der Waals surface area contributed by atoms with E-state index in [9.17, 15) is 4.79 Å². The van der Waals surface area contributed by atoms with Crippen molar-refractivity contribution in [2.24, 2.45) is 0 Å². The summed E-state index contributed by atoms with van der Waals surface area (Å²) >= 11 is 0. The fourth-order valence-corrected chi connectivity index (χ4v) is 2.54. The highest BCUT2D eigenvalue weighted by Crippen LogP contribution is 2.23. The number of hydrogen-bond donors (Lipinski definition) is 2. The van der Waals surface area contributed by atoms with Crippen molar-refractivity contribution in [2.75, 3.05) is 17.7 Å². The molecule has 1 aromatic heterocycles. The van der Waals surface area contributed by atoms with Crippen LogP contribution in [0.5, 0.6) is 5.75 Å². The van der Waals surface area contributed by atoms with Gasteiger partial charge in [-0.15, -0.1) is 0 Å². The Morgan fingerprint density at radius 1 is 1.00 bits per heavy atom. The van der Waals surface area contributed by atoms with Crippen LogP contribution in [0.2, 0.25) is 0 Å². The van der Waals surface area contributed by atoms with Crippen LogP contribution in [0.3, 0.4) is 0 Å². The van der Waals surface area contributed by atoms with Crippen molar-refractivity contribution >= 4 is 23.1 Å². The molecule has 2 aromatic carbocycles. The maximum absolute atomic E-state index is 12.4. The fourth-order valence-electron chi connectivity index (χ4n) is 2.54. The third-order valence-corrected chi connectivity index (χ3v) is 4.09. The quantitative estimate of drug-likeness (QED) is 0.670. The zero-order valence-electron chi connectivity index (χ0n) is 15.6. The van der Waals surface area contributed by atoms with Crippen molar-refractivity contribution in [3.8, 4) is 5.75 Å². The number of nitrogens with one attached hydrogen (secondary N) is 2. The van der Waals surface area contributed by atoms with E-state index in [0.29, 0.717) is 23.2 Å². The van der Waals surface area contributed by atoms with Gasteiger partial charge < -0.3 is 15.4 Å². The Hall–Kier alpha value is -3.41. The minimum absolute atomic E-state index is 0.224. The van der Waals surface area contributed by atoms with E-state index in [2.05, 4.69) is 46.6 Å². The lowest BCUT2D eigenvalue weighted by molar-refractivity contribution is 0.102. The number of carbonyl (C=O) groups is 1. The van der Waals surface area contributed by atoms with Crippen molar-refractivity contribution in [1.29, 1.82) is 0 Å². The molecule has 1 amide bonds. The predicted molar refractivity (Wildman–Crippen MR) is 107 cm³/mol. The highest BCUT2D eigenvalue weighted by Gasteiger charge is 2.11. The van der Waals surface area contributed by atoms with Gasteiger partial charge in [0.25, 0.3) is 5.91 Å². The van der Waals surface area contributed by atoms with Gasteiger partial charge in [-0.25, -0.2) is 9.97 Å². The van der Waals surface area contributed by atoms with Crippen LogP contribution in [-0.2, 0) is 0 Å². The van der Waals surface area contributed by atoms with Crippen molar-refractivity contribution in [1.82, 2.24) is 9.97 Å². The van der Waals surface area contributed by atoms with Gasteiger partial charge in [-0.05, 0) is 35.7 Å². The molecule has 0 unspecified atom stereocenters. The van der Waals surface area contributed by atoms with Crippen LogP contribution in [0.25, 0.3) is 0 Å². The van der Waals surface area contributed by atoms with Crippen molar-refractivity contribution in [3.63, 3.8) is 0 Å². The molecule has 0 aliphatic heterocycles. The Balaban J connectivity index is 1.66. The van der Waals surface area contributed by atoms with Gasteiger partial charge in [0.05, 0.1) is 25.2 Å². The van der Waals surface area contributed by atoms with Crippen LogP contribution in [0.4, 0.5) is 17.2 Å². The standard InChI is InChI=1S/C21H22N4O2/c1-14(2)15-8-10-16(11-9-15)24-20-13-22-18(12-23-20)21(26)25-17-6-4-5-7-19(17)27-3/h4-14H,1-3H3,(H,23,24)(H,25,26). The van der Waals surface area contributed by atoms with Crippen LogP contribution in [0.1, 0.15) is 35.8 Å². The van der Waals surface area contributed by atoms with E-state index in [1.165, 1.54) is 18.0 Å². The van der Waals surface area contributed by atoms with Crippen LogP contribution >= 0.6 is 0 Å². The fraction of sp³-hybridized carbons (Fsp3) is 0.190. The molecule has 0 atom stereocenters. The largest absolute Gasteiger partial charge is 0.495 e.